The number of hydrogen-bond acceptors (Lipinski definition) is 5. The lowest BCUT2D eigenvalue weighted by molar-refractivity contribution is -0.139. The number of benzene rings is 3. The fraction of sp³-hybridized carbons (Fsp3) is 0.0833. The zero-order valence-electron chi connectivity index (χ0n) is 17.4. The van der Waals surface area contributed by atoms with Gasteiger partial charge in [0.2, 0.25) is 0 Å². The van der Waals surface area contributed by atoms with Crippen molar-refractivity contribution < 1.29 is 27.8 Å². The summed E-state index contributed by atoms with van der Waals surface area (Å²) in [6.45, 7) is -0.533. The highest BCUT2D eigenvalue weighted by atomic mass is 19.4. The number of hydrogen-bond donors (Lipinski definition) is 1. The highest BCUT2D eigenvalue weighted by Gasteiger charge is 2.30. The van der Waals surface area contributed by atoms with Crippen molar-refractivity contribution in [1.82, 2.24) is 9.66 Å². The van der Waals surface area contributed by atoms with Gasteiger partial charge >= 0.3 is 12.1 Å². The summed E-state index contributed by atoms with van der Waals surface area (Å²) in [7, 11) is 0. The predicted molar refractivity (Wildman–Crippen MR) is 119 cm³/mol. The van der Waals surface area contributed by atoms with Crippen molar-refractivity contribution in [3.05, 3.63) is 94.3 Å². The molecule has 0 amide bonds. The Hall–Kier alpha value is -4.47. The Balaban J connectivity index is 1.83. The lowest BCUT2D eigenvalue weighted by Gasteiger charge is -2.12. The lowest BCUT2D eigenvalue weighted by atomic mass is 10.1. The first kappa shape index (κ1) is 22.7. The SMILES string of the molecule is O=C(O)COc1cccc(C=Nn2c(-c3cccc(C(F)(F)F)c3)nc3ccccc3c2=O)c1. The molecule has 4 rings (SSSR count). The molecule has 0 aliphatic heterocycles. The zero-order chi connectivity index (χ0) is 24.3. The van der Waals surface area contributed by atoms with Gasteiger partial charge < -0.3 is 9.84 Å². The van der Waals surface area contributed by atoms with Crippen LogP contribution in [0.25, 0.3) is 22.3 Å². The standard InChI is InChI=1S/C24H16F3N3O4/c25-24(26,27)17-7-4-6-16(12-17)22-29-20-10-2-1-9-19(20)23(33)30(22)28-13-15-5-3-8-18(11-15)34-14-21(31)32/h1-13H,14H2,(H,31,32). The van der Waals surface area contributed by atoms with Gasteiger partial charge in [0.1, 0.15) is 5.75 Å². The number of para-hydroxylation sites is 1. The van der Waals surface area contributed by atoms with Crippen LogP contribution in [0, 0.1) is 0 Å². The average Bonchev–Trinajstić information content (AvgIpc) is 2.82. The van der Waals surface area contributed by atoms with Crippen molar-refractivity contribution in [2.75, 3.05) is 6.61 Å². The Kier molecular flexibility index (Phi) is 6.13. The van der Waals surface area contributed by atoms with Crippen LogP contribution in [0.4, 0.5) is 13.2 Å². The van der Waals surface area contributed by atoms with Crippen LogP contribution >= 0.6 is 0 Å². The van der Waals surface area contributed by atoms with E-state index >= 15 is 0 Å². The van der Waals surface area contributed by atoms with Crippen molar-refractivity contribution in [3.63, 3.8) is 0 Å². The number of carboxylic acids is 1. The van der Waals surface area contributed by atoms with E-state index in [-0.39, 0.29) is 22.5 Å². The highest BCUT2D eigenvalue weighted by molar-refractivity contribution is 5.82. The van der Waals surface area contributed by atoms with Gasteiger partial charge in [-0.1, -0.05) is 36.4 Å². The number of alkyl halides is 3. The average molecular weight is 467 g/mol. The van der Waals surface area contributed by atoms with E-state index in [0.29, 0.717) is 11.1 Å². The number of nitrogens with zero attached hydrogens (tertiary/aromatic N) is 3. The molecule has 3 aromatic carbocycles. The Morgan fingerprint density at radius 2 is 1.82 bits per heavy atom. The van der Waals surface area contributed by atoms with Gasteiger partial charge in [-0.15, -0.1) is 0 Å². The second kappa shape index (κ2) is 9.18. The van der Waals surface area contributed by atoms with Crippen LogP contribution in [-0.2, 0) is 11.0 Å². The van der Waals surface area contributed by atoms with Crippen LogP contribution in [0.2, 0.25) is 0 Å². The van der Waals surface area contributed by atoms with E-state index in [1.165, 1.54) is 24.4 Å². The summed E-state index contributed by atoms with van der Waals surface area (Å²) >= 11 is 0. The summed E-state index contributed by atoms with van der Waals surface area (Å²) in [5.74, 6) is -0.934. The molecule has 0 fully saturated rings. The molecule has 0 aliphatic rings. The van der Waals surface area contributed by atoms with Crippen LogP contribution in [0.3, 0.4) is 0 Å². The van der Waals surface area contributed by atoms with Crippen molar-refractivity contribution in [2.45, 2.75) is 6.18 Å². The number of aromatic nitrogens is 2. The van der Waals surface area contributed by atoms with Crippen molar-refractivity contribution in [3.8, 4) is 17.1 Å². The summed E-state index contributed by atoms with van der Waals surface area (Å²) in [6.07, 6.45) is -3.26. The molecular formula is C24H16F3N3O4. The van der Waals surface area contributed by atoms with Crippen LogP contribution in [0.5, 0.6) is 5.75 Å². The number of rotatable bonds is 6. The van der Waals surface area contributed by atoms with Crippen LogP contribution in [-0.4, -0.2) is 33.6 Å². The normalized spacial score (nSPS) is 11.7. The Morgan fingerprint density at radius 3 is 2.59 bits per heavy atom. The minimum atomic E-state index is -4.57. The van der Waals surface area contributed by atoms with Crippen molar-refractivity contribution >= 4 is 23.1 Å². The summed E-state index contributed by atoms with van der Waals surface area (Å²) in [4.78, 5) is 28.3. The molecule has 0 spiro atoms. The molecule has 0 aliphatic carbocycles. The maximum absolute atomic E-state index is 13.3. The molecule has 0 saturated heterocycles. The fourth-order valence-electron chi connectivity index (χ4n) is 3.21. The van der Waals surface area contributed by atoms with Gasteiger partial charge in [0.15, 0.2) is 12.4 Å². The van der Waals surface area contributed by atoms with Crippen LogP contribution < -0.4 is 10.3 Å². The molecule has 34 heavy (non-hydrogen) atoms. The first-order valence-electron chi connectivity index (χ1n) is 9.91. The summed E-state index contributed by atoms with van der Waals surface area (Å²) in [6, 6.07) is 17.2. The minimum Gasteiger partial charge on any atom is -0.482 e. The van der Waals surface area contributed by atoms with E-state index in [9.17, 15) is 22.8 Å². The summed E-state index contributed by atoms with van der Waals surface area (Å²) in [5, 5.41) is 13.2. The van der Waals surface area contributed by atoms with Gasteiger partial charge in [-0.25, -0.2) is 9.78 Å². The summed E-state index contributed by atoms with van der Waals surface area (Å²) < 4.78 is 45.9. The van der Waals surface area contributed by atoms with Crippen LogP contribution in [0.15, 0.2) is 82.7 Å². The van der Waals surface area contributed by atoms with Gasteiger partial charge in [0.25, 0.3) is 5.56 Å². The molecule has 0 atom stereocenters. The van der Waals surface area contributed by atoms with Crippen molar-refractivity contribution in [1.29, 1.82) is 0 Å². The largest absolute Gasteiger partial charge is 0.482 e. The number of halogens is 3. The molecule has 1 N–H and O–H groups in total. The van der Waals surface area contributed by atoms with E-state index in [1.54, 1.807) is 42.5 Å². The predicted octanol–water partition coefficient (Wildman–Crippen LogP) is 4.43. The first-order valence-corrected chi connectivity index (χ1v) is 9.91. The third-order valence-corrected chi connectivity index (χ3v) is 4.74. The van der Waals surface area contributed by atoms with Gasteiger partial charge in [-0.3, -0.25) is 4.79 Å². The van der Waals surface area contributed by atoms with Gasteiger partial charge in [0, 0.05) is 5.56 Å². The Bertz CT molecular complexity index is 1460. The van der Waals surface area contributed by atoms with E-state index in [0.717, 1.165) is 16.8 Å². The first-order chi connectivity index (χ1) is 16.2. The molecule has 0 bridgehead atoms. The molecule has 1 aromatic heterocycles. The van der Waals surface area contributed by atoms with Crippen LogP contribution in [0.1, 0.15) is 11.1 Å². The van der Waals surface area contributed by atoms with E-state index in [1.807, 2.05) is 0 Å². The minimum absolute atomic E-state index is 0.0633. The molecular weight excluding hydrogens is 451 g/mol. The quantitative estimate of drug-likeness (QED) is 0.424. The fourth-order valence-corrected chi connectivity index (χ4v) is 3.21. The topological polar surface area (TPSA) is 93.8 Å². The monoisotopic (exact) mass is 467 g/mol. The van der Waals surface area contributed by atoms with Crippen molar-refractivity contribution in [2.24, 2.45) is 5.10 Å². The van der Waals surface area contributed by atoms with E-state index < -0.39 is 29.9 Å². The second-order valence-corrected chi connectivity index (χ2v) is 7.15. The maximum Gasteiger partial charge on any atom is 0.416 e. The summed E-state index contributed by atoms with van der Waals surface area (Å²) in [5.41, 5.74) is -0.597. The van der Waals surface area contributed by atoms with E-state index in [2.05, 4.69) is 10.1 Å². The molecule has 0 saturated carbocycles. The Labute approximate surface area is 190 Å². The molecule has 4 aromatic rings. The second-order valence-electron chi connectivity index (χ2n) is 7.15. The maximum atomic E-state index is 13.3. The molecule has 0 unspecified atom stereocenters. The number of ether oxygens (including phenoxy) is 1. The number of carboxylic acid groups (broad SMARTS) is 1. The molecule has 1 heterocycles. The van der Waals surface area contributed by atoms with Gasteiger partial charge in [0.05, 0.1) is 22.7 Å². The Morgan fingerprint density at radius 1 is 1.06 bits per heavy atom. The highest BCUT2D eigenvalue weighted by Crippen LogP contribution is 2.31. The smallest absolute Gasteiger partial charge is 0.416 e. The zero-order valence-corrected chi connectivity index (χ0v) is 17.4. The number of aliphatic carboxylic acids is 1. The third kappa shape index (κ3) is 4.96. The lowest BCUT2D eigenvalue weighted by Crippen LogP contribution is -2.20. The molecule has 172 valence electrons. The number of fused-ring (bicyclic) bond motifs is 1. The molecule has 7 nitrogen and oxygen atoms in total. The molecule has 10 heteroatoms. The third-order valence-electron chi connectivity index (χ3n) is 4.74. The van der Waals surface area contributed by atoms with E-state index in [4.69, 9.17) is 9.84 Å². The van der Waals surface area contributed by atoms with Gasteiger partial charge in [-0.2, -0.15) is 22.9 Å². The van der Waals surface area contributed by atoms with Gasteiger partial charge in [-0.05, 0) is 42.0 Å². The molecule has 0 radical (unpaired) electrons. The number of carbonyl (C=O) groups is 1.